The molecule has 0 unspecified atom stereocenters. The third-order valence-electron chi connectivity index (χ3n) is 6.43. The summed E-state index contributed by atoms with van der Waals surface area (Å²) in [6.45, 7) is 7.80. The maximum Gasteiger partial charge on any atom is 0.410 e. The molecule has 0 spiro atoms. The first-order valence-corrected chi connectivity index (χ1v) is 12.6. The molecule has 1 aliphatic heterocycles. The highest BCUT2D eigenvalue weighted by molar-refractivity contribution is 9.10. The van der Waals surface area contributed by atoms with Crippen LogP contribution in [0.5, 0.6) is 0 Å². The predicted molar refractivity (Wildman–Crippen MR) is 138 cm³/mol. The zero-order valence-corrected chi connectivity index (χ0v) is 21.9. The summed E-state index contributed by atoms with van der Waals surface area (Å²) in [5, 5.41) is 0. The minimum Gasteiger partial charge on any atom is -0.444 e. The van der Waals surface area contributed by atoms with Crippen molar-refractivity contribution in [2.24, 2.45) is 10.7 Å². The molecule has 2 heterocycles. The molecule has 1 aromatic carbocycles. The molecule has 10 heteroatoms. The number of hydrogen-bond donors (Lipinski definition) is 1. The molecule has 0 atom stereocenters. The fourth-order valence-corrected chi connectivity index (χ4v) is 4.57. The number of carbonyl (C=O) groups is 2. The lowest BCUT2D eigenvalue weighted by molar-refractivity contribution is 0.0240. The number of anilines is 1. The minimum atomic E-state index is -0.523. The van der Waals surface area contributed by atoms with E-state index < -0.39 is 16.9 Å². The van der Waals surface area contributed by atoms with E-state index in [2.05, 4.69) is 30.9 Å². The highest BCUT2D eigenvalue weighted by Gasteiger charge is 2.43. The van der Waals surface area contributed by atoms with Gasteiger partial charge in [-0.25, -0.2) is 14.8 Å². The lowest BCUT2D eigenvalue weighted by atomic mass is 9.63. The number of aliphatic imine (C=N–C) groups is 1. The third kappa shape index (κ3) is 5.63. The van der Waals surface area contributed by atoms with Crippen LogP contribution in [0.4, 0.5) is 10.6 Å². The van der Waals surface area contributed by atoms with Gasteiger partial charge < -0.3 is 20.3 Å². The van der Waals surface area contributed by atoms with E-state index in [0.29, 0.717) is 37.8 Å². The molecule has 9 nitrogen and oxygen atoms in total. The molecule has 2 N–H and O–H groups in total. The van der Waals surface area contributed by atoms with Gasteiger partial charge in [-0.1, -0.05) is 34.5 Å². The van der Waals surface area contributed by atoms with E-state index in [9.17, 15) is 9.59 Å². The van der Waals surface area contributed by atoms with Crippen LogP contribution in [0.1, 0.15) is 56.1 Å². The molecule has 1 aromatic heterocycles. The van der Waals surface area contributed by atoms with Crippen LogP contribution in [0.15, 0.2) is 46.1 Å². The zero-order chi connectivity index (χ0) is 25.2. The Morgan fingerprint density at radius 1 is 1.06 bits per heavy atom. The van der Waals surface area contributed by atoms with Gasteiger partial charge in [0, 0.05) is 30.7 Å². The largest absolute Gasteiger partial charge is 0.444 e. The molecule has 2 aromatic rings. The Balaban J connectivity index is 1.39. The standard InChI is InChI=1S/C25H31BrN6O3/c1-24(2,3)35-23(34)32-13-11-31(12-14-32)20-16-28-19(15-29-20)21(33)30-22(27)25(9-4-10-25)17-5-7-18(26)8-6-17/h5-8,15-16H,4,9-14H2,1-3H3,(H2,27,30,33). The van der Waals surface area contributed by atoms with Crippen molar-refractivity contribution in [2.75, 3.05) is 31.1 Å². The van der Waals surface area contributed by atoms with E-state index in [4.69, 9.17) is 10.5 Å². The summed E-state index contributed by atoms with van der Waals surface area (Å²) < 4.78 is 6.43. The number of aromatic nitrogens is 2. The van der Waals surface area contributed by atoms with Crippen molar-refractivity contribution in [3.63, 3.8) is 0 Å². The smallest absolute Gasteiger partial charge is 0.410 e. The van der Waals surface area contributed by atoms with Gasteiger partial charge in [-0.05, 0) is 51.3 Å². The molecular weight excluding hydrogens is 512 g/mol. The Labute approximate surface area is 213 Å². The maximum absolute atomic E-state index is 12.8. The molecule has 2 amide bonds. The minimum absolute atomic E-state index is 0.148. The van der Waals surface area contributed by atoms with Gasteiger partial charge in [0.15, 0.2) is 0 Å². The molecule has 2 aliphatic rings. The lowest BCUT2D eigenvalue weighted by Gasteiger charge is -2.41. The first-order chi connectivity index (χ1) is 16.6. The normalized spacial score (nSPS) is 18.1. The molecule has 1 saturated carbocycles. The second kappa shape index (κ2) is 9.93. The van der Waals surface area contributed by atoms with Gasteiger partial charge in [0.1, 0.15) is 22.9 Å². The van der Waals surface area contributed by atoms with E-state index in [1.165, 1.54) is 6.20 Å². The van der Waals surface area contributed by atoms with Crippen LogP contribution in [-0.2, 0) is 10.2 Å². The lowest BCUT2D eigenvalue weighted by Crippen LogP contribution is -2.50. The summed E-state index contributed by atoms with van der Waals surface area (Å²) in [5.74, 6) is 0.465. The monoisotopic (exact) mass is 542 g/mol. The number of nitrogens with two attached hydrogens (primary N) is 1. The van der Waals surface area contributed by atoms with Crippen molar-refractivity contribution in [2.45, 2.75) is 51.0 Å². The molecule has 2 fully saturated rings. The Morgan fingerprint density at radius 3 is 2.23 bits per heavy atom. The van der Waals surface area contributed by atoms with Crippen molar-refractivity contribution in [1.29, 1.82) is 0 Å². The Bertz CT molecular complexity index is 1100. The van der Waals surface area contributed by atoms with Crippen molar-refractivity contribution >= 4 is 39.6 Å². The second-order valence-corrected chi connectivity index (χ2v) is 10.9. The average molecular weight is 543 g/mol. The number of nitrogens with zero attached hydrogens (tertiary/aromatic N) is 5. The van der Waals surface area contributed by atoms with Gasteiger partial charge in [-0.2, -0.15) is 4.99 Å². The maximum atomic E-state index is 12.8. The number of rotatable bonds is 4. The molecule has 186 valence electrons. The number of halogens is 1. The van der Waals surface area contributed by atoms with E-state index in [-0.39, 0.29) is 11.8 Å². The number of amides is 2. The first kappa shape index (κ1) is 25.1. The average Bonchev–Trinajstić information content (AvgIpc) is 2.78. The Hall–Kier alpha value is -3.01. The fraction of sp³-hybridized carbons (Fsp3) is 0.480. The first-order valence-electron chi connectivity index (χ1n) is 11.8. The van der Waals surface area contributed by atoms with Crippen LogP contribution in [-0.4, -0.2) is 64.5 Å². The van der Waals surface area contributed by atoms with Gasteiger partial charge in [0.2, 0.25) is 0 Å². The second-order valence-electron chi connectivity index (χ2n) is 9.96. The number of piperazine rings is 1. The molecule has 35 heavy (non-hydrogen) atoms. The highest BCUT2D eigenvalue weighted by atomic mass is 79.9. The van der Waals surface area contributed by atoms with Gasteiger partial charge in [0.25, 0.3) is 5.91 Å². The van der Waals surface area contributed by atoms with E-state index in [1.807, 2.05) is 49.9 Å². The molecule has 4 rings (SSSR count). The van der Waals surface area contributed by atoms with Crippen LogP contribution in [0.3, 0.4) is 0 Å². The van der Waals surface area contributed by atoms with Crippen LogP contribution < -0.4 is 10.6 Å². The van der Waals surface area contributed by atoms with Crippen molar-refractivity contribution in [3.05, 3.63) is 52.4 Å². The highest BCUT2D eigenvalue weighted by Crippen LogP contribution is 2.44. The van der Waals surface area contributed by atoms with Crippen LogP contribution >= 0.6 is 15.9 Å². The summed E-state index contributed by atoms with van der Waals surface area (Å²) in [7, 11) is 0. The topological polar surface area (TPSA) is 114 Å². The van der Waals surface area contributed by atoms with Crippen LogP contribution in [0.2, 0.25) is 0 Å². The van der Waals surface area contributed by atoms with Crippen molar-refractivity contribution < 1.29 is 14.3 Å². The van der Waals surface area contributed by atoms with Gasteiger partial charge in [-0.3, -0.25) is 4.79 Å². The van der Waals surface area contributed by atoms with E-state index in [0.717, 1.165) is 29.3 Å². The van der Waals surface area contributed by atoms with Crippen molar-refractivity contribution in [1.82, 2.24) is 14.9 Å². The quantitative estimate of drug-likeness (QED) is 0.459. The van der Waals surface area contributed by atoms with Gasteiger partial charge in [0.05, 0.1) is 17.8 Å². The molecule has 1 saturated heterocycles. The SMILES string of the molecule is CC(C)(C)OC(=O)N1CCN(c2cnc(C(=O)N=C(N)C3(c4ccc(Br)cc4)CCC3)cn2)CC1. The summed E-state index contributed by atoms with van der Waals surface area (Å²) in [4.78, 5) is 41.7. The molecule has 1 aliphatic carbocycles. The summed E-state index contributed by atoms with van der Waals surface area (Å²) >= 11 is 3.46. The predicted octanol–water partition coefficient (Wildman–Crippen LogP) is 3.92. The van der Waals surface area contributed by atoms with Crippen molar-refractivity contribution in [3.8, 4) is 0 Å². The number of amidine groups is 1. The van der Waals surface area contributed by atoms with Gasteiger partial charge in [-0.15, -0.1) is 0 Å². The Kier molecular flexibility index (Phi) is 7.12. The summed E-state index contributed by atoms with van der Waals surface area (Å²) in [5.41, 5.74) is 6.65. The zero-order valence-electron chi connectivity index (χ0n) is 20.3. The van der Waals surface area contributed by atoms with Gasteiger partial charge >= 0.3 is 6.09 Å². The molecule has 0 radical (unpaired) electrons. The summed E-state index contributed by atoms with van der Waals surface area (Å²) in [6, 6.07) is 7.99. The van der Waals surface area contributed by atoms with Crippen LogP contribution in [0.25, 0.3) is 0 Å². The Morgan fingerprint density at radius 2 is 1.71 bits per heavy atom. The number of hydrogen-bond acceptors (Lipinski definition) is 6. The number of benzene rings is 1. The fourth-order valence-electron chi connectivity index (χ4n) is 4.31. The number of ether oxygens (including phenoxy) is 1. The van der Waals surface area contributed by atoms with E-state index >= 15 is 0 Å². The summed E-state index contributed by atoms with van der Waals surface area (Å²) in [6.07, 6.45) is 5.44. The van der Waals surface area contributed by atoms with E-state index in [1.54, 1.807) is 11.1 Å². The molecular formula is C25H31BrN6O3. The molecule has 0 bridgehead atoms. The van der Waals surface area contributed by atoms with Crippen LogP contribution in [0, 0.1) is 0 Å². The number of carbonyl (C=O) groups excluding carboxylic acids is 2. The third-order valence-corrected chi connectivity index (χ3v) is 6.96.